The number of hydrogen-bond acceptors (Lipinski definition) is 2. The summed E-state index contributed by atoms with van der Waals surface area (Å²) in [5.74, 6) is 2.73. The molecule has 3 aliphatic rings. The maximum atomic E-state index is 4.28. The van der Waals surface area contributed by atoms with E-state index >= 15 is 0 Å². The molecule has 0 bridgehead atoms. The first kappa shape index (κ1) is 10.1. The molecule has 17 heavy (non-hydrogen) atoms. The Bertz CT molecular complexity index is 408. The van der Waals surface area contributed by atoms with Gasteiger partial charge in [0, 0.05) is 17.9 Å². The summed E-state index contributed by atoms with van der Waals surface area (Å²) < 4.78 is 0. The first-order valence-electron chi connectivity index (χ1n) is 7.01. The van der Waals surface area contributed by atoms with Crippen LogP contribution < -0.4 is 5.32 Å². The van der Waals surface area contributed by atoms with Gasteiger partial charge in [0.1, 0.15) is 0 Å². The molecule has 2 aliphatic carbocycles. The second-order valence-corrected chi connectivity index (χ2v) is 6.27. The third kappa shape index (κ3) is 1.46. The van der Waals surface area contributed by atoms with Gasteiger partial charge in [-0.1, -0.05) is 6.07 Å². The van der Waals surface area contributed by atoms with Gasteiger partial charge in [-0.3, -0.25) is 4.98 Å². The molecule has 90 valence electrons. The van der Waals surface area contributed by atoms with E-state index in [1.165, 1.54) is 44.2 Å². The summed E-state index contributed by atoms with van der Waals surface area (Å²) in [4.78, 5) is 4.28. The lowest BCUT2D eigenvalue weighted by Crippen LogP contribution is -2.36. The normalized spacial score (nSPS) is 43.6. The van der Waals surface area contributed by atoms with E-state index in [1.807, 2.05) is 6.20 Å². The van der Waals surface area contributed by atoms with Crippen molar-refractivity contribution in [3.63, 3.8) is 0 Å². The van der Waals surface area contributed by atoms with Crippen LogP contribution in [0.15, 0.2) is 24.5 Å². The molecule has 2 heterocycles. The molecule has 1 aromatic rings. The summed E-state index contributed by atoms with van der Waals surface area (Å²) in [6, 6.07) is 4.35. The molecule has 1 aliphatic heterocycles. The van der Waals surface area contributed by atoms with Crippen molar-refractivity contribution in [3.8, 4) is 0 Å². The molecule has 0 radical (unpaired) electrons. The standard InChI is InChI=1S/C15H20N2/c1-3-11(10-16-5-1)13-7-12-8-15(9-14(12)13)4-2-6-17-15/h1,3,5,10,12-14,17H,2,4,6-9H2/t12?,13?,14-,15?/m1/s1. The van der Waals surface area contributed by atoms with Crippen molar-refractivity contribution in [1.82, 2.24) is 10.3 Å². The predicted molar refractivity (Wildman–Crippen MR) is 67.8 cm³/mol. The monoisotopic (exact) mass is 228 g/mol. The Morgan fingerprint density at radius 3 is 3.12 bits per heavy atom. The molecule has 1 N–H and O–H groups in total. The van der Waals surface area contributed by atoms with Crippen LogP contribution in [0.1, 0.15) is 43.6 Å². The van der Waals surface area contributed by atoms with Crippen LogP contribution in [0.2, 0.25) is 0 Å². The van der Waals surface area contributed by atoms with Gasteiger partial charge in [-0.2, -0.15) is 0 Å². The van der Waals surface area contributed by atoms with Gasteiger partial charge in [0.2, 0.25) is 0 Å². The van der Waals surface area contributed by atoms with Gasteiger partial charge in [0.05, 0.1) is 0 Å². The first-order chi connectivity index (χ1) is 8.36. The summed E-state index contributed by atoms with van der Waals surface area (Å²) in [6.07, 6.45) is 11.0. The number of nitrogens with one attached hydrogen (secondary N) is 1. The third-order valence-corrected chi connectivity index (χ3v) is 5.40. The molecule has 1 aromatic heterocycles. The van der Waals surface area contributed by atoms with E-state index in [-0.39, 0.29) is 0 Å². The van der Waals surface area contributed by atoms with Crippen molar-refractivity contribution < 1.29 is 0 Å². The summed E-state index contributed by atoms with van der Waals surface area (Å²) in [5.41, 5.74) is 2.01. The molecule has 3 fully saturated rings. The summed E-state index contributed by atoms with van der Waals surface area (Å²) in [5, 5.41) is 3.79. The van der Waals surface area contributed by atoms with Gasteiger partial charge < -0.3 is 5.32 Å². The van der Waals surface area contributed by atoms with E-state index < -0.39 is 0 Å². The van der Waals surface area contributed by atoms with E-state index in [0.29, 0.717) is 5.54 Å². The van der Waals surface area contributed by atoms with E-state index in [1.54, 1.807) is 0 Å². The zero-order valence-corrected chi connectivity index (χ0v) is 10.2. The number of hydrogen-bond donors (Lipinski definition) is 1. The van der Waals surface area contributed by atoms with Gasteiger partial charge in [0.25, 0.3) is 0 Å². The molecule has 3 unspecified atom stereocenters. The van der Waals surface area contributed by atoms with Crippen LogP contribution in [0.5, 0.6) is 0 Å². The van der Waals surface area contributed by atoms with Crippen molar-refractivity contribution in [3.05, 3.63) is 30.1 Å². The molecule has 1 spiro atoms. The molecule has 2 heteroatoms. The van der Waals surface area contributed by atoms with Crippen LogP contribution in [-0.4, -0.2) is 17.1 Å². The van der Waals surface area contributed by atoms with E-state index in [0.717, 1.165) is 17.8 Å². The van der Waals surface area contributed by atoms with Gasteiger partial charge in [-0.05, 0) is 68.0 Å². The van der Waals surface area contributed by atoms with Crippen molar-refractivity contribution in [1.29, 1.82) is 0 Å². The SMILES string of the molecule is c1cncc(C2CC3CC4(CCCN4)C[C@H]32)c1. The lowest BCUT2D eigenvalue weighted by molar-refractivity contribution is 0.169. The number of fused-ring (bicyclic) bond motifs is 1. The van der Waals surface area contributed by atoms with Gasteiger partial charge in [-0.15, -0.1) is 0 Å². The van der Waals surface area contributed by atoms with Crippen LogP contribution in [-0.2, 0) is 0 Å². The zero-order valence-electron chi connectivity index (χ0n) is 10.2. The first-order valence-corrected chi connectivity index (χ1v) is 7.01. The average molecular weight is 228 g/mol. The Labute approximate surface area is 103 Å². The Balaban J connectivity index is 1.54. The number of rotatable bonds is 1. The minimum atomic E-state index is 0.534. The highest BCUT2D eigenvalue weighted by Crippen LogP contribution is 2.60. The highest BCUT2D eigenvalue weighted by atomic mass is 15.0. The molecular formula is C15H20N2. The second kappa shape index (κ2) is 3.55. The predicted octanol–water partition coefficient (Wildman–Crippen LogP) is 2.72. The molecule has 2 nitrogen and oxygen atoms in total. The lowest BCUT2D eigenvalue weighted by atomic mass is 9.64. The maximum Gasteiger partial charge on any atom is 0.0302 e. The molecule has 1 saturated heterocycles. The number of nitrogens with zero attached hydrogens (tertiary/aromatic N) is 1. The second-order valence-electron chi connectivity index (χ2n) is 6.27. The van der Waals surface area contributed by atoms with Crippen molar-refractivity contribution in [2.24, 2.45) is 11.8 Å². The average Bonchev–Trinajstić information content (AvgIpc) is 2.91. The quantitative estimate of drug-likeness (QED) is 0.799. The number of pyridine rings is 1. The number of aromatic nitrogens is 1. The topological polar surface area (TPSA) is 24.9 Å². The lowest BCUT2D eigenvalue weighted by Gasteiger charge is -2.40. The smallest absolute Gasteiger partial charge is 0.0302 e. The van der Waals surface area contributed by atoms with Crippen molar-refractivity contribution in [2.45, 2.75) is 43.6 Å². The molecule has 4 rings (SSSR count). The summed E-state index contributed by atoms with van der Waals surface area (Å²) >= 11 is 0. The van der Waals surface area contributed by atoms with Crippen molar-refractivity contribution >= 4 is 0 Å². The molecule has 4 atom stereocenters. The Morgan fingerprint density at radius 2 is 2.35 bits per heavy atom. The minimum absolute atomic E-state index is 0.534. The van der Waals surface area contributed by atoms with Gasteiger partial charge >= 0.3 is 0 Å². The maximum absolute atomic E-state index is 4.28. The van der Waals surface area contributed by atoms with E-state index in [4.69, 9.17) is 0 Å². The van der Waals surface area contributed by atoms with Crippen LogP contribution >= 0.6 is 0 Å². The van der Waals surface area contributed by atoms with E-state index in [2.05, 4.69) is 28.6 Å². The van der Waals surface area contributed by atoms with Crippen LogP contribution in [0.4, 0.5) is 0 Å². The van der Waals surface area contributed by atoms with Crippen LogP contribution in [0.25, 0.3) is 0 Å². The largest absolute Gasteiger partial charge is 0.311 e. The molecule has 2 saturated carbocycles. The van der Waals surface area contributed by atoms with E-state index in [9.17, 15) is 0 Å². The molecular weight excluding hydrogens is 208 g/mol. The summed E-state index contributed by atoms with van der Waals surface area (Å²) in [7, 11) is 0. The Morgan fingerprint density at radius 1 is 1.35 bits per heavy atom. The Hall–Kier alpha value is -0.890. The van der Waals surface area contributed by atoms with Crippen LogP contribution in [0, 0.1) is 11.8 Å². The fraction of sp³-hybridized carbons (Fsp3) is 0.667. The fourth-order valence-electron chi connectivity index (χ4n) is 4.58. The summed E-state index contributed by atoms with van der Waals surface area (Å²) in [6.45, 7) is 1.25. The molecule has 0 aromatic carbocycles. The zero-order chi connectivity index (χ0) is 11.3. The minimum Gasteiger partial charge on any atom is -0.311 e. The Kier molecular flexibility index (Phi) is 2.10. The van der Waals surface area contributed by atoms with Crippen LogP contribution in [0.3, 0.4) is 0 Å². The fourth-order valence-corrected chi connectivity index (χ4v) is 4.58. The highest BCUT2D eigenvalue weighted by Gasteiger charge is 2.54. The van der Waals surface area contributed by atoms with Gasteiger partial charge in [0.15, 0.2) is 0 Å². The molecule has 0 amide bonds. The van der Waals surface area contributed by atoms with Crippen molar-refractivity contribution in [2.75, 3.05) is 6.54 Å². The third-order valence-electron chi connectivity index (χ3n) is 5.40. The van der Waals surface area contributed by atoms with Gasteiger partial charge in [-0.25, -0.2) is 0 Å². The highest BCUT2D eigenvalue weighted by molar-refractivity contribution is 5.24.